The lowest BCUT2D eigenvalue weighted by Crippen LogP contribution is -2.27. The summed E-state index contributed by atoms with van der Waals surface area (Å²) in [6, 6.07) is 22.4. The molecule has 0 radical (unpaired) electrons. The molecule has 0 spiro atoms. The molecule has 8 heteroatoms. The fourth-order valence-electron chi connectivity index (χ4n) is 3.29. The Morgan fingerprint density at radius 2 is 1.80 bits per heavy atom. The van der Waals surface area contributed by atoms with Crippen LogP contribution in [0.1, 0.15) is 36.6 Å². The molecule has 1 atom stereocenters. The van der Waals surface area contributed by atoms with E-state index in [1.54, 1.807) is 30.3 Å². The first-order valence-electron chi connectivity index (χ1n) is 11.0. The molecule has 3 aromatic carbocycles. The summed E-state index contributed by atoms with van der Waals surface area (Å²) in [5.41, 5.74) is 2.28. The Labute approximate surface area is 203 Å². The number of hydrogen-bond acceptors (Lipinski definition) is 6. The van der Waals surface area contributed by atoms with E-state index in [4.69, 9.17) is 9.47 Å². The third kappa shape index (κ3) is 6.92. The minimum atomic E-state index is -0.472. The zero-order valence-electron chi connectivity index (χ0n) is 19.4. The summed E-state index contributed by atoms with van der Waals surface area (Å²) < 4.78 is 11.5. The van der Waals surface area contributed by atoms with Crippen LogP contribution in [0, 0.1) is 21.4 Å². The molecule has 0 heterocycles. The Kier molecular flexibility index (Phi) is 8.57. The van der Waals surface area contributed by atoms with E-state index >= 15 is 0 Å². The van der Waals surface area contributed by atoms with Gasteiger partial charge in [0.2, 0.25) is 0 Å². The number of nitro groups is 1. The lowest BCUT2D eigenvalue weighted by molar-refractivity contribution is -0.384. The van der Waals surface area contributed by atoms with Gasteiger partial charge in [-0.25, -0.2) is 0 Å². The molecule has 0 bridgehead atoms. The zero-order chi connectivity index (χ0) is 25.2. The van der Waals surface area contributed by atoms with Gasteiger partial charge in [-0.05, 0) is 60.9 Å². The second-order valence-corrected chi connectivity index (χ2v) is 7.63. The highest BCUT2D eigenvalue weighted by molar-refractivity contribution is 6.01. The first-order chi connectivity index (χ1) is 16.9. The van der Waals surface area contributed by atoms with Gasteiger partial charge in [0.05, 0.1) is 17.6 Å². The van der Waals surface area contributed by atoms with E-state index in [0.717, 1.165) is 11.1 Å². The summed E-state index contributed by atoms with van der Waals surface area (Å²) in [4.78, 5) is 23.0. The monoisotopic (exact) mass is 471 g/mol. The van der Waals surface area contributed by atoms with Crippen molar-refractivity contribution in [3.63, 3.8) is 0 Å². The van der Waals surface area contributed by atoms with Gasteiger partial charge in [-0.1, -0.05) is 36.4 Å². The van der Waals surface area contributed by atoms with E-state index in [-0.39, 0.29) is 23.9 Å². The lowest BCUT2D eigenvalue weighted by Gasteiger charge is -2.14. The Balaban J connectivity index is 1.73. The molecule has 3 rings (SSSR count). The molecule has 0 saturated carbocycles. The maximum atomic E-state index is 12.7. The van der Waals surface area contributed by atoms with Gasteiger partial charge in [0.1, 0.15) is 18.2 Å². The van der Waals surface area contributed by atoms with Crippen LogP contribution < -0.4 is 14.8 Å². The van der Waals surface area contributed by atoms with Crippen molar-refractivity contribution in [3.05, 3.63) is 105 Å². The average molecular weight is 472 g/mol. The van der Waals surface area contributed by atoms with Gasteiger partial charge < -0.3 is 14.8 Å². The molecule has 178 valence electrons. The van der Waals surface area contributed by atoms with Crippen LogP contribution in [0.4, 0.5) is 5.69 Å². The SMILES string of the molecule is CCOc1cc(/C=C(\C#N)C(=O)N[C@@H](C)c2ccccc2)ccc1OCc1ccc([N+](=O)[O-])cc1. The third-order valence-electron chi connectivity index (χ3n) is 5.13. The molecule has 0 aliphatic rings. The number of non-ortho nitro benzene ring substituents is 1. The standard InChI is InChI=1S/C27H25N3O5/c1-3-34-26-16-21(11-14-25(26)35-18-20-9-12-24(13-10-20)30(32)33)15-23(17-28)27(31)29-19(2)22-7-5-4-6-8-22/h4-16,19H,3,18H2,1-2H3,(H,29,31)/b23-15+/t19-/m0/s1. The quantitative estimate of drug-likeness (QED) is 0.184. The minimum absolute atomic E-state index is 0.00962. The van der Waals surface area contributed by atoms with Gasteiger partial charge in [-0.15, -0.1) is 0 Å². The van der Waals surface area contributed by atoms with E-state index in [0.29, 0.717) is 23.7 Å². The summed E-state index contributed by atoms with van der Waals surface area (Å²) in [5.74, 6) is 0.460. The highest BCUT2D eigenvalue weighted by Gasteiger charge is 2.15. The van der Waals surface area contributed by atoms with E-state index < -0.39 is 10.8 Å². The van der Waals surface area contributed by atoms with Gasteiger partial charge in [-0.3, -0.25) is 14.9 Å². The highest BCUT2D eigenvalue weighted by Crippen LogP contribution is 2.30. The van der Waals surface area contributed by atoms with Crippen LogP contribution in [0.2, 0.25) is 0 Å². The number of nitro benzene ring substituents is 1. The predicted octanol–water partition coefficient (Wildman–Crippen LogP) is 5.36. The van der Waals surface area contributed by atoms with Gasteiger partial charge >= 0.3 is 0 Å². The Hall–Kier alpha value is -4.64. The Morgan fingerprint density at radius 1 is 1.09 bits per heavy atom. The van der Waals surface area contributed by atoms with Gasteiger partial charge in [0.25, 0.3) is 11.6 Å². The average Bonchev–Trinajstić information content (AvgIpc) is 2.87. The number of nitrogens with zero attached hydrogens (tertiary/aromatic N) is 2. The second-order valence-electron chi connectivity index (χ2n) is 7.63. The molecule has 0 aliphatic heterocycles. The van der Waals surface area contributed by atoms with Crippen molar-refractivity contribution in [2.75, 3.05) is 6.61 Å². The molecule has 0 aromatic heterocycles. The summed E-state index contributed by atoms with van der Waals surface area (Å²) in [5, 5.41) is 23.2. The fraction of sp³-hybridized carbons (Fsp3) is 0.185. The first-order valence-corrected chi connectivity index (χ1v) is 11.0. The number of amides is 1. The van der Waals surface area contributed by atoms with Crippen molar-refractivity contribution in [1.29, 1.82) is 5.26 Å². The first kappa shape index (κ1) is 25.0. The molecule has 8 nitrogen and oxygen atoms in total. The molecular weight excluding hydrogens is 446 g/mol. The summed E-state index contributed by atoms with van der Waals surface area (Å²) in [7, 11) is 0. The number of nitrogens with one attached hydrogen (secondary N) is 1. The number of rotatable bonds is 10. The normalized spacial score (nSPS) is 11.7. The molecular formula is C27H25N3O5. The van der Waals surface area contributed by atoms with Gasteiger partial charge in [0, 0.05) is 12.1 Å². The van der Waals surface area contributed by atoms with Crippen LogP contribution >= 0.6 is 0 Å². The highest BCUT2D eigenvalue weighted by atomic mass is 16.6. The van der Waals surface area contributed by atoms with Gasteiger partial charge in [0.15, 0.2) is 11.5 Å². The fourth-order valence-corrected chi connectivity index (χ4v) is 3.29. The number of hydrogen-bond donors (Lipinski definition) is 1. The van der Waals surface area contributed by atoms with Crippen molar-refractivity contribution in [1.82, 2.24) is 5.32 Å². The molecule has 1 amide bonds. The van der Waals surface area contributed by atoms with Crippen molar-refractivity contribution in [3.8, 4) is 17.6 Å². The Morgan fingerprint density at radius 3 is 2.43 bits per heavy atom. The minimum Gasteiger partial charge on any atom is -0.490 e. The summed E-state index contributed by atoms with van der Waals surface area (Å²) in [6.07, 6.45) is 1.50. The molecule has 0 saturated heterocycles. The third-order valence-corrected chi connectivity index (χ3v) is 5.13. The van der Waals surface area contributed by atoms with E-state index in [1.807, 2.05) is 50.2 Å². The van der Waals surface area contributed by atoms with Crippen molar-refractivity contribution < 1.29 is 19.2 Å². The number of nitriles is 1. The van der Waals surface area contributed by atoms with Crippen LogP contribution in [0.25, 0.3) is 6.08 Å². The molecule has 0 fully saturated rings. The van der Waals surface area contributed by atoms with Crippen molar-refractivity contribution in [2.45, 2.75) is 26.5 Å². The Bertz CT molecular complexity index is 1250. The van der Waals surface area contributed by atoms with E-state index in [9.17, 15) is 20.2 Å². The number of benzene rings is 3. The lowest BCUT2D eigenvalue weighted by atomic mass is 10.1. The summed E-state index contributed by atoms with van der Waals surface area (Å²) in [6.45, 7) is 4.27. The van der Waals surface area contributed by atoms with Gasteiger partial charge in [-0.2, -0.15) is 5.26 Å². The molecule has 1 N–H and O–H groups in total. The van der Waals surface area contributed by atoms with Crippen LogP contribution in [0.5, 0.6) is 11.5 Å². The summed E-state index contributed by atoms with van der Waals surface area (Å²) >= 11 is 0. The molecule has 3 aromatic rings. The number of carbonyl (C=O) groups is 1. The molecule has 0 aliphatic carbocycles. The van der Waals surface area contributed by atoms with Crippen LogP contribution in [0.15, 0.2) is 78.4 Å². The molecule has 0 unspecified atom stereocenters. The predicted molar refractivity (Wildman–Crippen MR) is 132 cm³/mol. The van der Waals surface area contributed by atoms with Crippen LogP contribution in [-0.4, -0.2) is 17.4 Å². The topological polar surface area (TPSA) is 114 Å². The largest absolute Gasteiger partial charge is 0.490 e. The smallest absolute Gasteiger partial charge is 0.269 e. The number of ether oxygens (including phenoxy) is 2. The van der Waals surface area contributed by atoms with E-state index in [2.05, 4.69) is 5.32 Å². The maximum absolute atomic E-state index is 12.7. The zero-order valence-corrected chi connectivity index (χ0v) is 19.4. The van der Waals surface area contributed by atoms with Crippen LogP contribution in [0.3, 0.4) is 0 Å². The second kappa shape index (κ2) is 12.0. The van der Waals surface area contributed by atoms with Crippen molar-refractivity contribution >= 4 is 17.7 Å². The van der Waals surface area contributed by atoms with Crippen molar-refractivity contribution in [2.24, 2.45) is 0 Å². The molecule has 35 heavy (non-hydrogen) atoms. The number of carbonyl (C=O) groups excluding carboxylic acids is 1. The van der Waals surface area contributed by atoms with Crippen LogP contribution in [-0.2, 0) is 11.4 Å². The van der Waals surface area contributed by atoms with E-state index in [1.165, 1.54) is 18.2 Å². The maximum Gasteiger partial charge on any atom is 0.269 e.